The van der Waals surface area contributed by atoms with E-state index in [0.29, 0.717) is 32.4 Å². The van der Waals surface area contributed by atoms with Crippen molar-refractivity contribution in [3.63, 3.8) is 0 Å². The summed E-state index contributed by atoms with van der Waals surface area (Å²) in [5.41, 5.74) is -0.0276. The highest BCUT2D eigenvalue weighted by Gasteiger charge is 2.39. The molecule has 0 bridgehead atoms. The number of nitrogens with one attached hydrogen (secondary N) is 1. The maximum atomic E-state index is 13.2. The summed E-state index contributed by atoms with van der Waals surface area (Å²) in [5.74, 6) is -2.16. The number of Topliss-reactive ketones (excluding diaryl/α,β-unsaturated/α-hetero) is 1. The second-order valence-corrected chi connectivity index (χ2v) is 9.15. The zero-order valence-corrected chi connectivity index (χ0v) is 19.5. The van der Waals surface area contributed by atoms with Gasteiger partial charge in [-0.3, -0.25) is 14.4 Å². The van der Waals surface area contributed by atoms with E-state index in [1.807, 2.05) is 0 Å². The summed E-state index contributed by atoms with van der Waals surface area (Å²) in [6.45, 7) is 0.584. The summed E-state index contributed by atoms with van der Waals surface area (Å²) < 4.78 is 13.2. The van der Waals surface area contributed by atoms with E-state index in [1.165, 1.54) is 48.4 Å². The van der Waals surface area contributed by atoms with Crippen LogP contribution in [0.15, 0.2) is 52.9 Å². The van der Waals surface area contributed by atoms with E-state index < -0.39 is 23.6 Å². The van der Waals surface area contributed by atoms with Crippen LogP contribution in [0.2, 0.25) is 0 Å². The van der Waals surface area contributed by atoms with Crippen molar-refractivity contribution in [1.82, 2.24) is 20.0 Å². The predicted molar refractivity (Wildman–Crippen MR) is 123 cm³/mol. The normalized spacial score (nSPS) is 21.1. The molecule has 1 unspecified atom stereocenters. The van der Waals surface area contributed by atoms with Gasteiger partial charge in [-0.1, -0.05) is 23.7 Å². The third-order valence-corrected chi connectivity index (χ3v) is 6.43. The maximum Gasteiger partial charge on any atom is 0.296 e. The van der Waals surface area contributed by atoms with Crippen LogP contribution in [0.4, 0.5) is 4.39 Å². The van der Waals surface area contributed by atoms with E-state index >= 15 is 0 Å². The van der Waals surface area contributed by atoms with Crippen molar-refractivity contribution >= 4 is 34.4 Å². The summed E-state index contributed by atoms with van der Waals surface area (Å²) in [4.78, 5) is 46.3. The number of rotatable bonds is 5. The van der Waals surface area contributed by atoms with Crippen LogP contribution in [0.3, 0.4) is 0 Å². The van der Waals surface area contributed by atoms with E-state index in [4.69, 9.17) is 11.6 Å². The standard InChI is InChI=1S/C23H25ClFN5O4/c1-28(2)21(33)18(31)17-12-26-22-27-19(24)16(13-30(17)22)20(32)29-9-7-23(34,8-10-29)11-14-3-5-15(25)6-4-14/h3-6,12-13,22,26,34H,7-11H2,1-2H3. The highest BCUT2D eigenvalue weighted by Crippen LogP contribution is 2.30. The molecule has 0 saturated carbocycles. The minimum Gasteiger partial charge on any atom is -0.389 e. The van der Waals surface area contributed by atoms with Gasteiger partial charge in [-0.15, -0.1) is 0 Å². The number of ketones is 1. The molecule has 34 heavy (non-hydrogen) atoms. The van der Waals surface area contributed by atoms with Gasteiger partial charge >= 0.3 is 0 Å². The molecule has 1 aromatic rings. The molecule has 1 fully saturated rings. The lowest BCUT2D eigenvalue weighted by molar-refractivity contribution is -0.141. The smallest absolute Gasteiger partial charge is 0.296 e. The maximum absolute atomic E-state index is 13.2. The number of likely N-dealkylation sites (N-methyl/N-ethyl adjacent to an activating group) is 1. The molecule has 4 rings (SSSR count). The van der Waals surface area contributed by atoms with Crippen molar-refractivity contribution in [2.45, 2.75) is 31.2 Å². The average molecular weight is 490 g/mol. The van der Waals surface area contributed by atoms with Gasteiger partial charge in [0, 0.05) is 46.0 Å². The molecule has 0 spiro atoms. The quantitative estimate of drug-likeness (QED) is 0.596. The van der Waals surface area contributed by atoms with Crippen LogP contribution in [-0.2, 0) is 20.8 Å². The number of aliphatic hydroxyl groups is 1. The first-order chi connectivity index (χ1) is 16.1. The summed E-state index contributed by atoms with van der Waals surface area (Å²) in [6.07, 6.45) is 3.12. The molecule has 0 aliphatic carbocycles. The summed E-state index contributed by atoms with van der Waals surface area (Å²) in [7, 11) is 2.95. The first-order valence-corrected chi connectivity index (χ1v) is 11.2. The number of amides is 2. The van der Waals surface area contributed by atoms with Crippen LogP contribution in [0.5, 0.6) is 0 Å². The summed E-state index contributed by atoms with van der Waals surface area (Å²) >= 11 is 6.28. The number of fused-ring (bicyclic) bond motifs is 1. The number of benzene rings is 1. The van der Waals surface area contributed by atoms with Crippen molar-refractivity contribution in [1.29, 1.82) is 0 Å². The Bertz CT molecular complexity index is 1110. The number of hydrogen-bond donors (Lipinski definition) is 2. The monoisotopic (exact) mass is 489 g/mol. The Morgan fingerprint density at radius 2 is 1.88 bits per heavy atom. The molecular weight excluding hydrogens is 465 g/mol. The SMILES string of the molecule is CN(C)C(=O)C(=O)C1=CNC2N=C(Cl)C(C(=O)N3CCC(O)(Cc4ccc(F)cc4)CC3)=CN12. The first-order valence-electron chi connectivity index (χ1n) is 10.8. The zero-order chi connectivity index (χ0) is 24.6. The molecule has 3 aliphatic heterocycles. The van der Waals surface area contributed by atoms with Gasteiger partial charge in [-0.2, -0.15) is 0 Å². The Morgan fingerprint density at radius 3 is 2.50 bits per heavy atom. The first kappa shape index (κ1) is 23.9. The predicted octanol–water partition coefficient (Wildman–Crippen LogP) is 0.944. The Hall–Kier alpha value is -3.24. The van der Waals surface area contributed by atoms with E-state index in [9.17, 15) is 23.9 Å². The van der Waals surface area contributed by atoms with Gasteiger partial charge in [0.25, 0.3) is 17.6 Å². The van der Waals surface area contributed by atoms with Crippen molar-refractivity contribution in [3.8, 4) is 0 Å². The lowest BCUT2D eigenvalue weighted by atomic mass is 9.85. The lowest BCUT2D eigenvalue weighted by Crippen LogP contribution is -2.49. The topological polar surface area (TPSA) is 106 Å². The number of hydrogen-bond acceptors (Lipinski definition) is 7. The van der Waals surface area contributed by atoms with Crippen LogP contribution in [-0.4, -0.2) is 81.7 Å². The fraction of sp³-hybridized carbons (Fsp3) is 0.391. The van der Waals surface area contributed by atoms with Gasteiger partial charge in [0.1, 0.15) is 16.7 Å². The molecule has 0 radical (unpaired) electrons. The molecule has 3 heterocycles. The molecule has 1 atom stereocenters. The van der Waals surface area contributed by atoms with E-state index in [-0.39, 0.29) is 28.2 Å². The largest absolute Gasteiger partial charge is 0.389 e. The molecule has 11 heteroatoms. The van der Waals surface area contributed by atoms with Gasteiger partial charge in [-0.05, 0) is 30.5 Å². The van der Waals surface area contributed by atoms with E-state index in [1.54, 1.807) is 17.0 Å². The highest BCUT2D eigenvalue weighted by atomic mass is 35.5. The van der Waals surface area contributed by atoms with Crippen molar-refractivity contribution in [3.05, 3.63) is 59.3 Å². The molecule has 1 saturated heterocycles. The Kier molecular flexibility index (Phi) is 6.46. The Balaban J connectivity index is 1.44. The van der Waals surface area contributed by atoms with Crippen LogP contribution < -0.4 is 5.32 Å². The number of halogens is 2. The molecule has 3 aliphatic rings. The molecule has 0 aromatic heterocycles. The van der Waals surface area contributed by atoms with Crippen LogP contribution in [0.25, 0.3) is 0 Å². The van der Waals surface area contributed by atoms with Gasteiger partial charge in [0.2, 0.25) is 6.29 Å². The van der Waals surface area contributed by atoms with Gasteiger partial charge in [0.15, 0.2) is 0 Å². The zero-order valence-electron chi connectivity index (χ0n) is 18.8. The molecule has 9 nitrogen and oxygen atoms in total. The van der Waals surface area contributed by atoms with E-state index in [0.717, 1.165) is 5.56 Å². The van der Waals surface area contributed by atoms with Crippen LogP contribution >= 0.6 is 11.6 Å². The molecular formula is C23H25ClFN5O4. The number of nitrogens with zero attached hydrogens (tertiary/aromatic N) is 4. The van der Waals surface area contributed by atoms with Crippen LogP contribution in [0.1, 0.15) is 18.4 Å². The van der Waals surface area contributed by atoms with Crippen molar-refractivity contribution in [2.24, 2.45) is 4.99 Å². The Labute approximate surface area is 201 Å². The van der Waals surface area contributed by atoms with Gasteiger partial charge in [0.05, 0.1) is 11.2 Å². The number of likely N-dealkylation sites (tertiary alicyclic amines) is 1. The summed E-state index contributed by atoms with van der Waals surface area (Å²) in [6, 6.07) is 5.99. The average Bonchev–Trinajstić information content (AvgIpc) is 3.21. The van der Waals surface area contributed by atoms with Gasteiger partial charge in [-0.25, -0.2) is 9.38 Å². The third kappa shape index (κ3) is 4.69. The number of carbonyl (C=O) groups is 3. The minimum atomic E-state index is -1.01. The number of aliphatic imine (C=N–C) groups is 1. The van der Waals surface area contributed by atoms with Gasteiger partial charge < -0.3 is 25.1 Å². The Morgan fingerprint density at radius 1 is 1.24 bits per heavy atom. The fourth-order valence-corrected chi connectivity index (χ4v) is 4.37. The number of carbonyl (C=O) groups excluding carboxylic acids is 3. The van der Waals surface area contributed by atoms with Crippen LogP contribution in [0, 0.1) is 5.82 Å². The van der Waals surface area contributed by atoms with Crippen molar-refractivity contribution in [2.75, 3.05) is 27.2 Å². The molecule has 2 amide bonds. The third-order valence-electron chi connectivity index (χ3n) is 6.13. The highest BCUT2D eigenvalue weighted by molar-refractivity contribution is 6.72. The second kappa shape index (κ2) is 9.19. The molecule has 1 aromatic carbocycles. The number of piperidine rings is 1. The van der Waals surface area contributed by atoms with Crippen molar-refractivity contribution < 1.29 is 23.9 Å². The summed E-state index contributed by atoms with van der Waals surface area (Å²) in [5, 5.41) is 13.8. The molecule has 2 N–H and O–H groups in total. The minimum absolute atomic E-state index is 0.00747. The molecule has 180 valence electrons. The second-order valence-electron chi connectivity index (χ2n) is 8.79. The van der Waals surface area contributed by atoms with E-state index in [2.05, 4.69) is 10.3 Å². The lowest BCUT2D eigenvalue weighted by Gasteiger charge is -2.39. The fourth-order valence-electron chi connectivity index (χ4n) is 4.14.